The number of hydrogen-bond donors (Lipinski definition) is 3. The molecule has 0 aliphatic carbocycles. The van der Waals surface area contributed by atoms with Gasteiger partial charge in [-0.2, -0.15) is 0 Å². The van der Waals surface area contributed by atoms with E-state index in [9.17, 15) is 13.2 Å². The van der Waals surface area contributed by atoms with E-state index in [-0.39, 0.29) is 16.8 Å². The summed E-state index contributed by atoms with van der Waals surface area (Å²) in [6.45, 7) is 3.43. The van der Waals surface area contributed by atoms with Crippen LogP contribution in [0, 0.1) is 0 Å². The van der Waals surface area contributed by atoms with Crippen molar-refractivity contribution in [2.75, 3.05) is 18.4 Å². The van der Waals surface area contributed by atoms with Crippen LogP contribution in [0.5, 0.6) is 0 Å². The maximum absolute atomic E-state index is 12.6. The summed E-state index contributed by atoms with van der Waals surface area (Å²) >= 11 is 0. The molecule has 0 radical (unpaired) electrons. The molecule has 0 aromatic heterocycles. The number of anilines is 1. The van der Waals surface area contributed by atoms with Gasteiger partial charge in [0.2, 0.25) is 10.0 Å². The minimum absolute atomic E-state index is 0.0980. The summed E-state index contributed by atoms with van der Waals surface area (Å²) in [6, 6.07) is 13.6. The molecule has 1 aliphatic rings. The summed E-state index contributed by atoms with van der Waals surface area (Å²) < 4.78 is 27.8. The molecule has 26 heavy (non-hydrogen) atoms. The molecular formula is C19H23N3O3S. The van der Waals surface area contributed by atoms with E-state index in [0.29, 0.717) is 12.1 Å². The number of aryl methyl sites for hydroxylation is 1. The van der Waals surface area contributed by atoms with Crippen LogP contribution in [0.15, 0.2) is 53.4 Å². The average molecular weight is 373 g/mol. The molecule has 138 valence electrons. The topological polar surface area (TPSA) is 87.3 Å². The van der Waals surface area contributed by atoms with Crippen molar-refractivity contribution in [2.24, 2.45) is 0 Å². The Labute approximate surface area is 154 Å². The number of benzene rings is 2. The van der Waals surface area contributed by atoms with Crippen molar-refractivity contribution in [1.82, 2.24) is 10.0 Å². The molecule has 1 saturated heterocycles. The zero-order chi connectivity index (χ0) is 18.6. The lowest BCUT2D eigenvalue weighted by Gasteiger charge is -2.13. The van der Waals surface area contributed by atoms with Gasteiger partial charge in [-0.25, -0.2) is 13.1 Å². The Kier molecular flexibility index (Phi) is 5.70. The van der Waals surface area contributed by atoms with Gasteiger partial charge in [0.05, 0.1) is 4.90 Å². The first kappa shape index (κ1) is 18.6. The Balaban J connectivity index is 1.79. The molecule has 1 fully saturated rings. The number of nitrogens with one attached hydrogen (secondary N) is 3. The highest BCUT2D eigenvalue weighted by Gasteiger charge is 2.23. The summed E-state index contributed by atoms with van der Waals surface area (Å²) in [5.41, 5.74) is 2.08. The highest BCUT2D eigenvalue weighted by Crippen LogP contribution is 2.18. The highest BCUT2D eigenvalue weighted by molar-refractivity contribution is 7.89. The van der Waals surface area contributed by atoms with Crippen molar-refractivity contribution in [3.8, 4) is 0 Å². The lowest BCUT2D eigenvalue weighted by molar-refractivity contribution is 0.102. The van der Waals surface area contributed by atoms with Gasteiger partial charge < -0.3 is 10.6 Å². The number of hydrogen-bond acceptors (Lipinski definition) is 4. The zero-order valence-corrected chi connectivity index (χ0v) is 15.5. The van der Waals surface area contributed by atoms with E-state index >= 15 is 0 Å². The second-order valence-electron chi connectivity index (χ2n) is 6.30. The molecule has 1 unspecified atom stereocenters. The normalized spacial score (nSPS) is 17.2. The van der Waals surface area contributed by atoms with E-state index in [4.69, 9.17) is 0 Å². The quantitative estimate of drug-likeness (QED) is 0.724. The van der Waals surface area contributed by atoms with Gasteiger partial charge in [-0.15, -0.1) is 0 Å². The molecule has 7 heteroatoms. The second kappa shape index (κ2) is 7.99. The van der Waals surface area contributed by atoms with Gasteiger partial charge in [0, 0.05) is 23.8 Å². The third kappa shape index (κ3) is 4.30. The number of amides is 1. The van der Waals surface area contributed by atoms with Crippen LogP contribution < -0.4 is 15.4 Å². The van der Waals surface area contributed by atoms with Crippen LogP contribution in [0.1, 0.15) is 29.3 Å². The molecule has 3 N–H and O–H groups in total. The van der Waals surface area contributed by atoms with Gasteiger partial charge in [0.15, 0.2) is 0 Å². The van der Waals surface area contributed by atoms with E-state index in [1.165, 1.54) is 12.1 Å². The number of rotatable bonds is 6. The number of carbonyl (C=O) groups excluding carboxylic acids is 1. The molecule has 1 aliphatic heterocycles. The molecule has 2 aromatic rings. The van der Waals surface area contributed by atoms with Crippen LogP contribution in [0.25, 0.3) is 0 Å². The Morgan fingerprint density at radius 2 is 2.00 bits per heavy atom. The van der Waals surface area contributed by atoms with Crippen molar-refractivity contribution in [1.29, 1.82) is 0 Å². The Morgan fingerprint density at radius 1 is 1.19 bits per heavy atom. The lowest BCUT2D eigenvalue weighted by atomic mass is 10.1. The van der Waals surface area contributed by atoms with Gasteiger partial charge in [0.1, 0.15) is 0 Å². The first-order valence-electron chi connectivity index (χ1n) is 8.72. The molecule has 0 bridgehead atoms. The van der Waals surface area contributed by atoms with Gasteiger partial charge in [-0.3, -0.25) is 4.79 Å². The second-order valence-corrected chi connectivity index (χ2v) is 8.02. The standard InChI is InChI=1S/C19H23N3O3S/c1-2-14-6-3-4-9-18(14)21-19(23)15-7-5-8-17(12-15)26(24,25)22-16-10-11-20-13-16/h3-9,12,16,20,22H,2,10-11,13H2,1H3,(H,21,23). The van der Waals surface area contributed by atoms with Crippen LogP contribution in [-0.4, -0.2) is 33.5 Å². The number of carbonyl (C=O) groups is 1. The maximum Gasteiger partial charge on any atom is 0.255 e. The molecule has 3 rings (SSSR count). The van der Waals surface area contributed by atoms with Crippen LogP contribution >= 0.6 is 0 Å². The molecule has 0 saturated carbocycles. The molecule has 6 nitrogen and oxygen atoms in total. The van der Waals surface area contributed by atoms with E-state index in [2.05, 4.69) is 15.4 Å². The van der Waals surface area contributed by atoms with E-state index < -0.39 is 10.0 Å². The van der Waals surface area contributed by atoms with Crippen LogP contribution in [0.4, 0.5) is 5.69 Å². The van der Waals surface area contributed by atoms with Gasteiger partial charge in [-0.1, -0.05) is 31.2 Å². The molecule has 0 spiro atoms. The summed E-state index contributed by atoms with van der Waals surface area (Å²) in [4.78, 5) is 12.7. The maximum atomic E-state index is 12.6. The molecule has 2 aromatic carbocycles. The van der Waals surface area contributed by atoms with E-state index in [1.54, 1.807) is 12.1 Å². The first-order chi connectivity index (χ1) is 12.5. The molecular weight excluding hydrogens is 350 g/mol. The summed E-state index contributed by atoms with van der Waals surface area (Å²) in [5.74, 6) is -0.328. The SMILES string of the molecule is CCc1ccccc1NC(=O)c1cccc(S(=O)(=O)NC2CCNC2)c1. The first-order valence-corrected chi connectivity index (χ1v) is 10.2. The third-order valence-electron chi connectivity index (χ3n) is 4.44. The Bertz CT molecular complexity index is 890. The van der Waals surface area contributed by atoms with Crippen molar-refractivity contribution in [3.05, 3.63) is 59.7 Å². The smallest absolute Gasteiger partial charge is 0.255 e. The average Bonchev–Trinajstić information content (AvgIpc) is 3.14. The van der Waals surface area contributed by atoms with Gasteiger partial charge in [-0.05, 0) is 49.2 Å². The van der Waals surface area contributed by atoms with Gasteiger partial charge in [0.25, 0.3) is 5.91 Å². The number of sulfonamides is 1. The van der Waals surface area contributed by atoms with Crippen LogP contribution in [0.2, 0.25) is 0 Å². The fourth-order valence-electron chi connectivity index (χ4n) is 2.99. The molecule has 1 amide bonds. The molecule has 1 atom stereocenters. The Hall–Kier alpha value is -2.22. The monoisotopic (exact) mass is 373 g/mol. The number of para-hydroxylation sites is 1. The van der Waals surface area contributed by atoms with Gasteiger partial charge >= 0.3 is 0 Å². The third-order valence-corrected chi connectivity index (χ3v) is 5.95. The minimum atomic E-state index is -3.66. The fourth-order valence-corrected chi connectivity index (χ4v) is 4.31. The van der Waals surface area contributed by atoms with Crippen molar-refractivity contribution >= 4 is 21.6 Å². The van der Waals surface area contributed by atoms with Crippen molar-refractivity contribution in [3.63, 3.8) is 0 Å². The predicted molar refractivity (Wildman–Crippen MR) is 102 cm³/mol. The van der Waals surface area contributed by atoms with Crippen LogP contribution in [0.3, 0.4) is 0 Å². The summed E-state index contributed by atoms with van der Waals surface area (Å²) in [5, 5.41) is 5.99. The summed E-state index contributed by atoms with van der Waals surface area (Å²) in [6.07, 6.45) is 1.55. The van der Waals surface area contributed by atoms with Crippen molar-refractivity contribution < 1.29 is 13.2 Å². The zero-order valence-electron chi connectivity index (χ0n) is 14.7. The summed E-state index contributed by atoms with van der Waals surface area (Å²) in [7, 11) is -3.66. The minimum Gasteiger partial charge on any atom is -0.322 e. The van der Waals surface area contributed by atoms with E-state index in [0.717, 1.165) is 30.6 Å². The highest BCUT2D eigenvalue weighted by atomic mass is 32.2. The van der Waals surface area contributed by atoms with Crippen molar-refractivity contribution in [2.45, 2.75) is 30.7 Å². The Morgan fingerprint density at radius 3 is 2.73 bits per heavy atom. The largest absolute Gasteiger partial charge is 0.322 e. The van der Waals surface area contributed by atoms with E-state index in [1.807, 2.05) is 31.2 Å². The van der Waals surface area contributed by atoms with Crippen LogP contribution in [-0.2, 0) is 16.4 Å². The predicted octanol–water partition coefficient (Wildman–Crippen LogP) is 2.14. The fraction of sp³-hybridized carbons (Fsp3) is 0.316. The molecule has 1 heterocycles. The lowest BCUT2D eigenvalue weighted by Crippen LogP contribution is -2.36.